The number of pyridine rings is 1. The molecule has 1 atom stereocenters. The van der Waals surface area contributed by atoms with E-state index in [0.717, 1.165) is 32.1 Å². The highest BCUT2D eigenvalue weighted by Gasteiger charge is 2.11. The van der Waals surface area contributed by atoms with E-state index < -0.39 is 16.8 Å². The molecule has 0 aliphatic rings. The fourth-order valence-electron chi connectivity index (χ4n) is 2.02. The van der Waals surface area contributed by atoms with Crippen molar-refractivity contribution < 1.29 is 18.5 Å². The molecule has 1 heterocycles. The Kier molecular flexibility index (Phi) is 10.1. The van der Waals surface area contributed by atoms with Crippen molar-refractivity contribution in [2.45, 2.75) is 51.7 Å². The highest BCUT2D eigenvalue weighted by atomic mass is 32.2. The van der Waals surface area contributed by atoms with Crippen molar-refractivity contribution in [3.05, 3.63) is 28.2 Å². The minimum Gasteiger partial charge on any atom is -0.488 e. The molecule has 1 aromatic rings. The quantitative estimate of drug-likeness (QED) is 0.459. The highest BCUT2D eigenvalue weighted by Crippen LogP contribution is 2.05. The van der Waals surface area contributed by atoms with Gasteiger partial charge in [0.25, 0.3) is 0 Å². The van der Waals surface area contributed by atoms with Crippen molar-refractivity contribution in [3.63, 3.8) is 0 Å². The zero-order valence-electron chi connectivity index (χ0n) is 14.5. The first kappa shape index (κ1) is 20.4. The van der Waals surface area contributed by atoms with Crippen LogP contribution in [-0.2, 0) is 26.1 Å². The lowest BCUT2D eigenvalue weighted by atomic mass is 10.2. The van der Waals surface area contributed by atoms with Crippen LogP contribution in [0.25, 0.3) is 0 Å². The fraction of sp³-hybridized carbons (Fsp3) is 0.647. The van der Waals surface area contributed by atoms with Crippen LogP contribution < -0.4 is 10.2 Å². The van der Waals surface area contributed by atoms with Gasteiger partial charge >= 0.3 is 5.97 Å². The highest BCUT2D eigenvalue weighted by molar-refractivity contribution is 7.84. The molecule has 7 heteroatoms. The van der Waals surface area contributed by atoms with Crippen LogP contribution in [0, 0.1) is 0 Å². The molecular weight excluding hydrogens is 330 g/mol. The second-order valence-corrected chi connectivity index (χ2v) is 7.00. The van der Waals surface area contributed by atoms with Crippen molar-refractivity contribution in [1.29, 1.82) is 0 Å². The van der Waals surface area contributed by atoms with Crippen molar-refractivity contribution in [1.82, 2.24) is 4.98 Å². The fourth-order valence-corrected chi connectivity index (χ4v) is 2.98. The average molecular weight is 357 g/mol. The molecule has 0 amide bonds. The van der Waals surface area contributed by atoms with Crippen molar-refractivity contribution in [2.24, 2.45) is 0 Å². The van der Waals surface area contributed by atoms with E-state index in [2.05, 4.69) is 11.9 Å². The summed E-state index contributed by atoms with van der Waals surface area (Å²) in [5.74, 6) is -0.272. The van der Waals surface area contributed by atoms with Gasteiger partial charge in [0, 0.05) is 28.8 Å². The Labute approximate surface area is 145 Å². The Morgan fingerprint density at radius 1 is 1.17 bits per heavy atom. The van der Waals surface area contributed by atoms with Crippen LogP contribution in [0.2, 0.25) is 0 Å². The van der Waals surface area contributed by atoms with Crippen molar-refractivity contribution in [3.8, 4) is 5.75 Å². The van der Waals surface area contributed by atoms with Crippen LogP contribution in [0.5, 0.6) is 5.75 Å². The van der Waals surface area contributed by atoms with E-state index >= 15 is 0 Å². The lowest BCUT2D eigenvalue weighted by Gasteiger charge is -2.06. The van der Waals surface area contributed by atoms with Crippen LogP contribution in [0.15, 0.2) is 17.1 Å². The molecule has 0 aliphatic heterocycles. The average Bonchev–Trinajstić information content (AvgIpc) is 2.53. The molecule has 0 saturated carbocycles. The number of aromatic nitrogens is 1. The van der Waals surface area contributed by atoms with E-state index in [-0.39, 0.29) is 22.7 Å². The summed E-state index contributed by atoms with van der Waals surface area (Å²) in [4.78, 5) is 26.3. The number of rotatable bonds is 12. The molecule has 0 aliphatic carbocycles. The molecule has 0 fully saturated rings. The van der Waals surface area contributed by atoms with Crippen LogP contribution in [0.1, 0.15) is 51.6 Å². The van der Waals surface area contributed by atoms with Gasteiger partial charge in [0.15, 0.2) is 5.75 Å². The molecule has 0 bridgehead atoms. The molecule has 0 spiro atoms. The van der Waals surface area contributed by atoms with E-state index in [4.69, 9.17) is 9.47 Å². The number of aromatic amines is 1. The monoisotopic (exact) mass is 357 g/mol. The van der Waals surface area contributed by atoms with Gasteiger partial charge < -0.3 is 14.5 Å². The minimum absolute atomic E-state index is 0.105. The van der Waals surface area contributed by atoms with E-state index in [1.54, 1.807) is 0 Å². The van der Waals surface area contributed by atoms with E-state index in [1.165, 1.54) is 12.3 Å². The Bertz CT molecular complexity index is 585. The first-order chi connectivity index (χ1) is 11.6. The molecule has 0 saturated heterocycles. The number of carbonyl (C=O) groups is 1. The molecule has 0 radical (unpaired) electrons. The molecular formula is C17H27NO5S. The molecule has 6 nitrogen and oxygen atoms in total. The third-order valence-electron chi connectivity index (χ3n) is 3.25. The second kappa shape index (κ2) is 11.8. The minimum atomic E-state index is -1.42. The van der Waals surface area contributed by atoms with Gasteiger partial charge in [-0.3, -0.25) is 13.8 Å². The number of ether oxygens (including phenoxy) is 2. The Balaban J connectivity index is 2.37. The van der Waals surface area contributed by atoms with Crippen molar-refractivity contribution >= 4 is 16.8 Å². The Hall–Kier alpha value is -1.63. The van der Waals surface area contributed by atoms with Gasteiger partial charge in [0.2, 0.25) is 5.43 Å². The normalized spacial score (nSPS) is 11.9. The predicted octanol–water partition coefficient (Wildman–Crippen LogP) is 2.54. The number of carbonyl (C=O) groups excluding carboxylic acids is 1. The van der Waals surface area contributed by atoms with Gasteiger partial charge in [-0.2, -0.15) is 0 Å². The SMILES string of the molecule is CCCCCCOC(=O)CS(=O)Cc1cc(=O)c(OCCC)c[nH]1. The molecule has 1 rings (SSSR count). The van der Waals surface area contributed by atoms with Gasteiger partial charge in [-0.15, -0.1) is 0 Å². The third kappa shape index (κ3) is 8.29. The molecule has 1 N–H and O–H groups in total. The number of nitrogens with one attached hydrogen (secondary N) is 1. The third-order valence-corrected chi connectivity index (χ3v) is 4.45. The summed E-state index contributed by atoms with van der Waals surface area (Å²) in [6, 6.07) is 1.36. The van der Waals surface area contributed by atoms with Crippen LogP contribution in [-0.4, -0.2) is 34.1 Å². The topological polar surface area (TPSA) is 85.5 Å². The molecule has 0 aromatic carbocycles. The lowest BCUT2D eigenvalue weighted by molar-refractivity contribution is -0.140. The summed E-state index contributed by atoms with van der Waals surface area (Å²) >= 11 is 0. The summed E-state index contributed by atoms with van der Waals surface area (Å²) in [6.07, 6.45) is 6.38. The maximum absolute atomic E-state index is 12.0. The van der Waals surface area contributed by atoms with Crippen LogP contribution in [0.4, 0.5) is 0 Å². The molecule has 1 unspecified atom stereocenters. The van der Waals surface area contributed by atoms with Gasteiger partial charge in [-0.25, -0.2) is 0 Å². The summed E-state index contributed by atoms with van der Waals surface area (Å²) in [5, 5.41) is 0. The van der Waals surface area contributed by atoms with E-state index in [1.807, 2.05) is 6.92 Å². The van der Waals surface area contributed by atoms with E-state index in [0.29, 0.717) is 18.9 Å². The number of H-pyrrole nitrogens is 1. The van der Waals surface area contributed by atoms with Gasteiger partial charge in [0.05, 0.1) is 19.0 Å². The predicted molar refractivity (Wildman–Crippen MR) is 94.7 cm³/mol. The zero-order valence-corrected chi connectivity index (χ0v) is 15.3. The molecule has 1 aromatic heterocycles. The standard InChI is InChI=1S/C17H27NO5S/c1-3-5-6-7-9-23-17(20)13-24(21)12-14-10-15(19)16(11-18-14)22-8-4-2/h10-11H,3-9,12-13H2,1-2H3,(H,18,19). The van der Waals surface area contributed by atoms with Crippen LogP contribution >= 0.6 is 0 Å². The first-order valence-corrected chi connectivity index (χ1v) is 9.90. The first-order valence-electron chi connectivity index (χ1n) is 8.41. The number of hydrogen-bond acceptors (Lipinski definition) is 5. The van der Waals surface area contributed by atoms with Gasteiger partial charge in [-0.05, 0) is 12.8 Å². The number of unbranched alkanes of at least 4 members (excludes halogenated alkanes) is 3. The van der Waals surface area contributed by atoms with Gasteiger partial charge in [-0.1, -0.05) is 33.1 Å². The van der Waals surface area contributed by atoms with Gasteiger partial charge in [0.1, 0.15) is 5.75 Å². The summed E-state index contributed by atoms with van der Waals surface area (Å²) in [6.45, 7) is 4.91. The summed E-state index contributed by atoms with van der Waals surface area (Å²) in [5.41, 5.74) is 0.255. The molecule has 24 heavy (non-hydrogen) atoms. The Morgan fingerprint density at radius 2 is 1.96 bits per heavy atom. The Morgan fingerprint density at radius 3 is 2.62 bits per heavy atom. The largest absolute Gasteiger partial charge is 0.488 e. The maximum Gasteiger partial charge on any atom is 0.318 e. The van der Waals surface area contributed by atoms with Crippen LogP contribution in [0.3, 0.4) is 0 Å². The van der Waals surface area contributed by atoms with E-state index in [9.17, 15) is 13.8 Å². The zero-order chi connectivity index (χ0) is 17.8. The maximum atomic E-state index is 12.0. The van der Waals surface area contributed by atoms with Crippen molar-refractivity contribution in [2.75, 3.05) is 19.0 Å². The lowest BCUT2D eigenvalue weighted by Crippen LogP contribution is -2.17. The number of esters is 1. The summed E-state index contributed by atoms with van der Waals surface area (Å²) < 4.78 is 22.3. The second-order valence-electron chi connectivity index (χ2n) is 5.54. The smallest absolute Gasteiger partial charge is 0.318 e. The summed E-state index contributed by atoms with van der Waals surface area (Å²) in [7, 11) is -1.42. The molecule has 136 valence electrons. The number of hydrogen-bond donors (Lipinski definition) is 1.